The van der Waals surface area contributed by atoms with Crippen molar-refractivity contribution in [3.05, 3.63) is 31.6 Å². The maximum Gasteiger partial charge on any atom is 0.0608 e. The molecule has 1 heteroatoms. The van der Waals surface area contributed by atoms with Crippen molar-refractivity contribution in [2.45, 2.75) is 38.7 Å². The molecule has 0 aromatic rings. The second-order valence-corrected chi connectivity index (χ2v) is 3.23. The summed E-state index contributed by atoms with van der Waals surface area (Å²) in [6.45, 7) is 2.18. The van der Waals surface area contributed by atoms with E-state index >= 15 is 0 Å². The first kappa shape index (κ1) is 10.0. The molecule has 0 aromatic heterocycles. The Kier molecular flexibility index (Phi) is 4.67. The van der Waals surface area contributed by atoms with E-state index in [1.54, 1.807) is 0 Å². The van der Waals surface area contributed by atoms with Gasteiger partial charge in [0.25, 0.3) is 0 Å². The van der Waals surface area contributed by atoms with Crippen molar-refractivity contribution in [3.8, 4) is 0 Å². The summed E-state index contributed by atoms with van der Waals surface area (Å²) in [5.41, 5.74) is 0. The Labute approximate surface area is 76.2 Å². The summed E-state index contributed by atoms with van der Waals surface area (Å²) < 4.78 is 0. The SMILES string of the molecule is CCCCC[C@H](O)[C]1[CH][CH][CH][CH]1. The highest BCUT2D eigenvalue weighted by atomic mass is 16.3. The van der Waals surface area contributed by atoms with Crippen molar-refractivity contribution in [1.29, 1.82) is 0 Å². The van der Waals surface area contributed by atoms with E-state index in [4.69, 9.17) is 0 Å². The second kappa shape index (κ2) is 5.58. The number of unbranched alkanes of at least 4 members (excludes halogenated alkanes) is 2. The molecule has 1 rings (SSSR count). The van der Waals surface area contributed by atoms with E-state index in [1.807, 2.05) is 25.7 Å². The smallest absolute Gasteiger partial charge is 0.0608 e. The van der Waals surface area contributed by atoms with Crippen LogP contribution in [0.25, 0.3) is 0 Å². The van der Waals surface area contributed by atoms with Gasteiger partial charge in [0.05, 0.1) is 6.10 Å². The second-order valence-electron chi connectivity index (χ2n) is 3.23. The first-order valence-electron chi connectivity index (χ1n) is 4.74. The summed E-state index contributed by atoms with van der Waals surface area (Å²) in [6, 6.07) is 0. The molecule has 0 spiro atoms. The van der Waals surface area contributed by atoms with Crippen LogP contribution in [0.5, 0.6) is 0 Å². The molecule has 67 valence electrons. The number of hydrogen-bond donors (Lipinski definition) is 1. The normalized spacial score (nSPS) is 21.5. The lowest BCUT2D eigenvalue weighted by atomic mass is 9.96. The average Bonchev–Trinajstić information content (AvgIpc) is 2.56. The molecule has 0 unspecified atom stereocenters. The summed E-state index contributed by atoms with van der Waals surface area (Å²) in [5.74, 6) is 1.06. The van der Waals surface area contributed by atoms with E-state index in [2.05, 4.69) is 6.92 Å². The van der Waals surface area contributed by atoms with Crippen LogP contribution in [0.1, 0.15) is 32.6 Å². The van der Waals surface area contributed by atoms with Crippen LogP contribution in [0, 0.1) is 31.6 Å². The van der Waals surface area contributed by atoms with Gasteiger partial charge in [-0.3, -0.25) is 0 Å². The Hall–Kier alpha value is -0.0400. The largest absolute Gasteiger partial charge is 0.393 e. The predicted molar refractivity (Wildman–Crippen MR) is 50.6 cm³/mol. The van der Waals surface area contributed by atoms with Crippen LogP contribution in [-0.2, 0) is 0 Å². The molecule has 1 saturated carbocycles. The van der Waals surface area contributed by atoms with Crippen LogP contribution in [0.2, 0.25) is 0 Å². The molecule has 0 bridgehead atoms. The molecule has 12 heavy (non-hydrogen) atoms. The van der Waals surface area contributed by atoms with Crippen molar-refractivity contribution in [2.75, 3.05) is 0 Å². The quantitative estimate of drug-likeness (QED) is 0.620. The van der Waals surface area contributed by atoms with Gasteiger partial charge in [-0.25, -0.2) is 0 Å². The third-order valence-corrected chi connectivity index (χ3v) is 2.15. The lowest BCUT2D eigenvalue weighted by Crippen LogP contribution is -2.15. The molecule has 0 aromatic carbocycles. The van der Waals surface area contributed by atoms with Crippen LogP contribution in [0.15, 0.2) is 0 Å². The zero-order valence-electron chi connectivity index (χ0n) is 7.66. The molecular formula is C11H17O. The van der Waals surface area contributed by atoms with Gasteiger partial charge >= 0.3 is 0 Å². The summed E-state index contributed by atoms with van der Waals surface area (Å²) in [6.07, 6.45) is 12.1. The lowest BCUT2D eigenvalue weighted by molar-refractivity contribution is 0.182. The average molecular weight is 165 g/mol. The first-order valence-corrected chi connectivity index (χ1v) is 4.74. The van der Waals surface area contributed by atoms with Crippen molar-refractivity contribution >= 4 is 0 Å². The highest BCUT2D eigenvalue weighted by Gasteiger charge is 2.23. The van der Waals surface area contributed by atoms with Crippen molar-refractivity contribution in [3.63, 3.8) is 0 Å². The number of aliphatic hydroxyl groups excluding tert-OH is 1. The minimum atomic E-state index is -0.244. The predicted octanol–water partition coefficient (Wildman–Crippen LogP) is 2.33. The minimum absolute atomic E-state index is 0.244. The number of hydrogen-bond acceptors (Lipinski definition) is 1. The van der Waals surface area contributed by atoms with Gasteiger partial charge in [0.2, 0.25) is 0 Å². The Bertz CT molecular complexity index is 106. The van der Waals surface area contributed by atoms with E-state index in [9.17, 15) is 5.11 Å². The van der Waals surface area contributed by atoms with Crippen LogP contribution in [0.4, 0.5) is 0 Å². The molecule has 1 fully saturated rings. The van der Waals surface area contributed by atoms with Crippen LogP contribution >= 0.6 is 0 Å². The van der Waals surface area contributed by atoms with Gasteiger partial charge in [-0.15, -0.1) is 0 Å². The van der Waals surface area contributed by atoms with E-state index in [1.165, 1.54) is 12.8 Å². The lowest BCUT2D eigenvalue weighted by Gasteiger charge is -2.15. The zero-order valence-corrected chi connectivity index (χ0v) is 7.66. The van der Waals surface area contributed by atoms with Gasteiger partial charge in [0.1, 0.15) is 0 Å². The van der Waals surface area contributed by atoms with Gasteiger partial charge in [-0.1, -0.05) is 26.2 Å². The summed E-state index contributed by atoms with van der Waals surface area (Å²) in [5, 5.41) is 9.64. The van der Waals surface area contributed by atoms with E-state index < -0.39 is 0 Å². The van der Waals surface area contributed by atoms with Crippen molar-refractivity contribution in [1.82, 2.24) is 0 Å². The van der Waals surface area contributed by atoms with Gasteiger partial charge < -0.3 is 5.11 Å². The Balaban J connectivity index is 2.05. The molecule has 0 heterocycles. The summed E-state index contributed by atoms with van der Waals surface area (Å²) >= 11 is 0. The molecule has 1 nitrogen and oxygen atoms in total. The van der Waals surface area contributed by atoms with E-state index in [0.29, 0.717) is 0 Å². The first-order chi connectivity index (χ1) is 5.84. The van der Waals surface area contributed by atoms with Gasteiger partial charge in [-0.2, -0.15) is 0 Å². The number of rotatable bonds is 5. The van der Waals surface area contributed by atoms with Crippen molar-refractivity contribution in [2.24, 2.45) is 0 Å². The summed E-state index contributed by atoms with van der Waals surface area (Å²) in [7, 11) is 0. The van der Waals surface area contributed by atoms with Gasteiger partial charge in [0, 0.05) is 5.92 Å². The van der Waals surface area contributed by atoms with Crippen LogP contribution in [-0.4, -0.2) is 11.2 Å². The van der Waals surface area contributed by atoms with Gasteiger partial charge in [-0.05, 0) is 32.1 Å². The molecular weight excluding hydrogens is 148 g/mol. The topological polar surface area (TPSA) is 20.2 Å². The highest BCUT2D eigenvalue weighted by molar-refractivity contribution is 5.37. The highest BCUT2D eigenvalue weighted by Crippen LogP contribution is 2.28. The Morgan fingerprint density at radius 1 is 1.25 bits per heavy atom. The maximum absolute atomic E-state index is 9.64. The fourth-order valence-electron chi connectivity index (χ4n) is 1.37. The Morgan fingerprint density at radius 2 is 1.92 bits per heavy atom. The van der Waals surface area contributed by atoms with Crippen molar-refractivity contribution < 1.29 is 5.11 Å². The monoisotopic (exact) mass is 165 g/mol. The molecule has 5 radical (unpaired) electrons. The van der Waals surface area contributed by atoms with E-state index in [0.717, 1.165) is 18.8 Å². The third kappa shape index (κ3) is 3.14. The fraction of sp³-hybridized carbons (Fsp3) is 0.545. The summed E-state index contributed by atoms with van der Waals surface area (Å²) in [4.78, 5) is 0. The maximum atomic E-state index is 9.64. The fourth-order valence-corrected chi connectivity index (χ4v) is 1.37. The molecule has 1 atom stereocenters. The molecule has 0 aliphatic heterocycles. The molecule has 1 aliphatic rings. The number of aliphatic hydroxyl groups is 1. The standard InChI is InChI=1S/C11H17O/c1-2-3-4-9-11(12)10-7-5-6-8-10/h5-8,11-12H,2-4,9H2,1H3/t11-/m0/s1. The Morgan fingerprint density at radius 3 is 2.50 bits per heavy atom. The third-order valence-electron chi connectivity index (χ3n) is 2.15. The van der Waals surface area contributed by atoms with E-state index in [-0.39, 0.29) is 6.10 Å². The molecule has 0 saturated heterocycles. The van der Waals surface area contributed by atoms with Crippen LogP contribution in [0.3, 0.4) is 0 Å². The zero-order chi connectivity index (χ0) is 8.81. The molecule has 0 amide bonds. The molecule has 1 aliphatic carbocycles. The van der Waals surface area contributed by atoms with Crippen LogP contribution < -0.4 is 0 Å². The van der Waals surface area contributed by atoms with Gasteiger partial charge in [0.15, 0.2) is 0 Å². The minimum Gasteiger partial charge on any atom is -0.393 e. The molecule has 1 N–H and O–H groups in total.